The number of fused-ring (bicyclic) bond motifs is 1. The first-order valence-corrected chi connectivity index (χ1v) is 9.39. The van der Waals surface area contributed by atoms with Crippen LogP contribution in [0.4, 0.5) is 0 Å². The molecule has 0 aromatic carbocycles. The summed E-state index contributed by atoms with van der Waals surface area (Å²) < 4.78 is 7.89. The molecule has 2 unspecified atom stereocenters. The molecule has 0 radical (unpaired) electrons. The van der Waals surface area contributed by atoms with Gasteiger partial charge >= 0.3 is 0 Å². The van der Waals surface area contributed by atoms with E-state index in [1.165, 1.54) is 11.3 Å². The van der Waals surface area contributed by atoms with Gasteiger partial charge in [0.2, 0.25) is 0 Å². The highest BCUT2D eigenvalue weighted by Crippen LogP contribution is 2.21. The molecule has 1 aromatic rings. The van der Waals surface area contributed by atoms with Gasteiger partial charge in [0, 0.05) is 51.4 Å². The fourth-order valence-electron chi connectivity index (χ4n) is 3.49. The number of rotatable bonds is 4. The first-order chi connectivity index (χ1) is 12.0. The van der Waals surface area contributed by atoms with Crippen LogP contribution in [0.25, 0.3) is 0 Å². The summed E-state index contributed by atoms with van der Waals surface area (Å²) in [6.07, 6.45) is 5.57. The molecule has 0 spiro atoms. The first-order valence-electron chi connectivity index (χ1n) is 9.39. The molecule has 1 saturated heterocycles. The van der Waals surface area contributed by atoms with E-state index in [1.54, 1.807) is 0 Å². The summed E-state index contributed by atoms with van der Waals surface area (Å²) in [6, 6.07) is 0.796. The van der Waals surface area contributed by atoms with E-state index in [0.29, 0.717) is 12.1 Å². The number of aromatic nitrogens is 2. The van der Waals surface area contributed by atoms with Gasteiger partial charge in [-0.25, -0.2) is 0 Å². The maximum absolute atomic E-state index is 5.81. The Morgan fingerprint density at radius 1 is 1.48 bits per heavy atom. The third kappa shape index (κ3) is 4.73. The number of morpholine rings is 1. The minimum absolute atomic E-state index is 0.219. The van der Waals surface area contributed by atoms with Crippen LogP contribution in [0.2, 0.25) is 0 Å². The monoisotopic (exact) mass is 348 g/mol. The van der Waals surface area contributed by atoms with Gasteiger partial charge in [-0.15, -0.1) is 0 Å². The Morgan fingerprint density at radius 2 is 2.32 bits per heavy atom. The Balaban J connectivity index is 1.50. The summed E-state index contributed by atoms with van der Waals surface area (Å²) in [4.78, 5) is 6.68. The lowest BCUT2D eigenvalue weighted by Crippen LogP contribution is -2.50. The van der Waals surface area contributed by atoms with Crippen molar-refractivity contribution in [2.75, 3.05) is 40.3 Å². The number of nitrogens with one attached hydrogen (secondary N) is 2. The summed E-state index contributed by atoms with van der Waals surface area (Å²) in [5, 5.41) is 11.7. The zero-order chi connectivity index (χ0) is 17.8. The lowest BCUT2D eigenvalue weighted by atomic mass is 9.94. The average molecular weight is 348 g/mol. The van der Waals surface area contributed by atoms with Crippen LogP contribution >= 0.6 is 0 Å². The van der Waals surface area contributed by atoms with Crippen molar-refractivity contribution in [3.63, 3.8) is 0 Å². The lowest BCUT2D eigenvalue weighted by Gasteiger charge is -2.31. The summed E-state index contributed by atoms with van der Waals surface area (Å²) in [5.74, 6) is 0.855. The number of hydrogen-bond acceptors (Lipinski definition) is 4. The van der Waals surface area contributed by atoms with Gasteiger partial charge in [0.15, 0.2) is 5.96 Å². The summed E-state index contributed by atoms with van der Waals surface area (Å²) >= 11 is 0. The van der Waals surface area contributed by atoms with E-state index < -0.39 is 0 Å². The van der Waals surface area contributed by atoms with Gasteiger partial charge < -0.3 is 20.3 Å². The van der Waals surface area contributed by atoms with Gasteiger partial charge in [-0.3, -0.25) is 9.67 Å². The molecule has 7 nitrogen and oxygen atoms in total. The van der Waals surface area contributed by atoms with E-state index in [1.807, 2.05) is 7.05 Å². The third-order valence-electron chi connectivity index (χ3n) is 5.03. The number of aliphatic imine (C=N–C) groups is 1. The Bertz CT molecular complexity index is 596. The van der Waals surface area contributed by atoms with Gasteiger partial charge in [-0.2, -0.15) is 5.10 Å². The van der Waals surface area contributed by atoms with Crippen LogP contribution in [0, 0.1) is 0 Å². The first kappa shape index (κ1) is 18.2. The van der Waals surface area contributed by atoms with E-state index in [0.717, 1.165) is 51.5 Å². The third-order valence-corrected chi connectivity index (χ3v) is 5.03. The molecule has 7 heteroatoms. The number of guanidine groups is 1. The molecular weight excluding hydrogens is 316 g/mol. The number of aryl methyl sites for hydroxylation is 1. The molecule has 0 saturated carbocycles. The van der Waals surface area contributed by atoms with Gasteiger partial charge in [-0.05, 0) is 39.3 Å². The van der Waals surface area contributed by atoms with E-state index >= 15 is 0 Å². The second-order valence-electron chi connectivity index (χ2n) is 7.47. The van der Waals surface area contributed by atoms with Crippen LogP contribution in [0.1, 0.15) is 37.6 Å². The molecule has 1 aliphatic carbocycles. The predicted molar refractivity (Wildman–Crippen MR) is 100 cm³/mol. The molecule has 1 fully saturated rings. The van der Waals surface area contributed by atoms with Crippen molar-refractivity contribution in [3.8, 4) is 0 Å². The van der Waals surface area contributed by atoms with Crippen LogP contribution in [-0.2, 0) is 17.6 Å². The standard InChI is InChI=1S/C18H32N6O/c1-13(2)24-11-14-5-6-15(9-17(14)22-24)21-18(19-3)20-10-16-12-23(4)7-8-25-16/h11,13,15-16H,5-10,12H2,1-4H3,(H2,19,20,21). The molecule has 140 valence electrons. The van der Waals surface area contributed by atoms with Crippen molar-refractivity contribution in [2.24, 2.45) is 4.99 Å². The lowest BCUT2D eigenvalue weighted by molar-refractivity contribution is -0.0161. The van der Waals surface area contributed by atoms with E-state index in [-0.39, 0.29) is 6.10 Å². The molecular formula is C18H32N6O. The molecule has 3 rings (SSSR count). The van der Waals surface area contributed by atoms with Crippen molar-refractivity contribution < 1.29 is 4.74 Å². The summed E-state index contributed by atoms with van der Waals surface area (Å²) in [6.45, 7) is 7.90. The largest absolute Gasteiger partial charge is 0.374 e. The van der Waals surface area contributed by atoms with Crippen molar-refractivity contribution in [3.05, 3.63) is 17.5 Å². The highest BCUT2D eigenvalue weighted by molar-refractivity contribution is 5.80. The van der Waals surface area contributed by atoms with Gasteiger partial charge in [-0.1, -0.05) is 0 Å². The van der Waals surface area contributed by atoms with E-state index in [2.05, 4.69) is 52.3 Å². The Hall–Kier alpha value is -1.60. The number of ether oxygens (including phenoxy) is 1. The van der Waals surface area contributed by atoms with E-state index in [4.69, 9.17) is 9.84 Å². The summed E-state index contributed by atoms with van der Waals surface area (Å²) in [5.41, 5.74) is 2.62. The topological polar surface area (TPSA) is 66.7 Å². The molecule has 2 heterocycles. The zero-order valence-corrected chi connectivity index (χ0v) is 16.0. The van der Waals surface area contributed by atoms with Crippen molar-refractivity contribution in [2.45, 2.75) is 51.3 Å². The molecule has 2 aliphatic rings. The zero-order valence-electron chi connectivity index (χ0n) is 16.0. The van der Waals surface area contributed by atoms with Gasteiger partial charge in [0.1, 0.15) is 0 Å². The van der Waals surface area contributed by atoms with Crippen molar-refractivity contribution >= 4 is 5.96 Å². The fraction of sp³-hybridized carbons (Fsp3) is 0.778. The normalized spacial score (nSPS) is 25.1. The highest BCUT2D eigenvalue weighted by Gasteiger charge is 2.23. The number of likely N-dealkylation sites (N-methyl/N-ethyl adjacent to an activating group) is 1. The number of nitrogens with zero attached hydrogens (tertiary/aromatic N) is 4. The molecule has 25 heavy (non-hydrogen) atoms. The maximum atomic E-state index is 5.81. The predicted octanol–water partition coefficient (Wildman–Crippen LogP) is 0.817. The number of hydrogen-bond donors (Lipinski definition) is 2. The molecule has 0 bridgehead atoms. The van der Waals surface area contributed by atoms with Crippen LogP contribution in [0.5, 0.6) is 0 Å². The Labute approximate surface area is 150 Å². The summed E-state index contributed by atoms with van der Waals surface area (Å²) in [7, 11) is 3.96. The average Bonchev–Trinajstić information content (AvgIpc) is 3.02. The quantitative estimate of drug-likeness (QED) is 0.623. The Morgan fingerprint density at radius 3 is 3.04 bits per heavy atom. The molecule has 2 N–H and O–H groups in total. The van der Waals surface area contributed by atoms with Crippen molar-refractivity contribution in [1.82, 2.24) is 25.3 Å². The van der Waals surface area contributed by atoms with Crippen LogP contribution in [-0.4, -0.2) is 73.1 Å². The van der Waals surface area contributed by atoms with Gasteiger partial charge in [0.25, 0.3) is 0 Å². The molecule has 1 aromatic heterocycles. The minimum Gasteiger partial charge on any atom is -0.374 e. The molecule has 1 aliphatic heterocycles. The Kier molecular flexibility index (Phi) is 5.96. The van der Waals surface area contributed by atoms with Gasteiger partial charge in [0.05, 0.1) is 18.4 Å². The second kappa shape index (κ2) is 8.19. The maximum Gasteiger partial charge on any atom is 0.191 e. The fourth-order valence-corrected chi connectivity index (χ4v) is 3.49. The minimum atomic E-state index is 0.219. The smallest absolute Gasteiger partial charge is 0.191 e. The second-order valence-corrected chi connectivity index (χ2v) is 7.47. The van der Waals surface area contributed by atoms with E-state index in [9.17, 15) is 0 Å². The van der Waals surface area contributed by atoms with Crippen LogP contribution in [0.3, 0.4) is 0 Å². The highest BCUT2D eigenvalue weighted by atomic mass is 16.5. The SMILES string of the molecule is CN=C(NCC1CN(C)CCO1)NC1CCc2cn(C(C)C)nc2C1. The van der Waals surface area contributed by atoms with Crippen molar-refractivity contribution in [1.29, 1.82) is 0 Å². The van der Waals surface area contributed by atoms with Crippen LogP contribution in [0.15, 0.2) is 11.2 Å². The molecule has 0 amide bonds. The molecule has 2 atom stereocenters. The van der Waals surface area contributed by atoms with Crippen LogP contribution < -0.4 is 10.6 Å².